The Balaban J connectivity index is 2.18. The van der Waals surface area contributed by atoms with Crippen LogP contribution in [0.5, 0.6) is 0 Å². The summed E-state index contributed by atoms with van der Waals surface area (Å²) in [6.45, 7) is 8.69. The van der Waals surface area contributed by atoms with Crippen molar-refractivity contribution in [1.82, 2.24) is 0 Å². The van der Waals surface area contributed by atoms with Crippen LogP contribution in [0.4, 0.5) is 0 Å². The van der Waals surface area contributed by atoms with E-state index in [1.54, 1.807) is 5.57 Å². The molecule has 2 rings (SSSR count). The molecule has 0 aromatic carbocycles. The van der Waals surface area contributed by atoms with Crippen molar-refractivity contribution < 1.29 is 5.11 Å². The quantitative estimate of drug-likeness (QED) is 0.667. The van der Waals surface area contributed by atoms with E-state index in [0.29, 0.717) is 17.3 Å². The lowest BCUT2D eigenvalue weighted by atomic mass is 9.56. The summed E-state index contributed by atoms with van der Waals surface area (Å²) < 4.78 is 0. The molecule has 0 amide bonds. The Morgan fingerprint density at radius 3 is 2.69 bits per heavy atom. The lowest BCUT2D eigenvalue weighted by Gasteiger charge is -2.49. The first kappa shape index (κ1) is 12.2. The van der Waals surface area contributed by atoms with Crippen LogP contribution in [0.25, 0.3) is 0 Å². The fourth-order valence-corrected chi connectivity index (χ4v) is 3.81. The molecule has 0 aromatic heterocycles. The maximum atomic E-state index is 10.2. The molecule has 0 aliphatic heterocycles. The number of allylic oxidation sites excluding steroid dienone is 2. The van der Waals surface area contributed by atoms with E-state index in [-0.39, 0.29) is 0 Å². The Labute approximate surface area is 99.9 Å². The topological polar surface area (TPSA) is 20.2 Å². The van der Waals surface area contributed by atoms with Gasteiger partial charge in [-0.15, -0.1) is 0 Å². The van der Waals surface area contributed by atoms with Crippen molar-refractivity contribution in [3.8, 4) is 0 Å². The zero-order valence-electron chi connectivity index (χ0n) is 11.2. The van der Waals surface area contributed by atoms with Gasteiger partial charge in [-0.25, -0.2) is 0 Å². The average molecular weight is 222 g/mol. The Hall–Kier alpha value is -0.300. The Morgan fingerprint density at radius 1 is 1.38 bits per heavy atom. The molecule has 0 spiro atoms. The number of hydrogen-bond donors (Lipinski definition) is 1. The number of hydrogen-bond acceptors (Lipinski definition) is 1. The zero-order chi connectivity index (χ0) is 12.0. The second-order valence-electron chi connectivity index (χ2n) is 6.82. The van der Waals surface area contributed by atoms with Gasteiger partial charge in [0.05, 0.1) is 5.60 Å². The van der Waals surface area contributed by atoms with E-state index >= 15 is 0 Å². The predicted octanol–water partition coefficient (Wildman–Crippen LogP) is 3.92. The molecule has 2 aliphatic carbocycles. The molecule has 0 radical (unpaired) electrons. The van der Waals surface area contributed by atoms with Crippen LogP contribution in [0.1, 0.15) is 59.8 Å². The largest absolute Gasteiger partial charge is 0.390 e. The van der Waals surface area contributed by atoms with Crippen LogP contribution >= 0.6 is 0 Å². The van der Waals surface area contributed by atoms with Crippen molar-refractivity contribution in [2.45, 2.75) is 65.4 Å². The van der Waals surface area contributed by atoms with Gasteiger partial charge < -0.3 is 5.11 Å². The molecule has 2 aliphatic rings. The highest BCUT2D eigenvalue weighted by molar-refractivity contribution is 5.15. The Kier molecular flexibility index (Phi) is 2.94. The van der Waals surface area contributed by atoms with Gasteiger partial charge in [0.2, 0.25) is 0 Å². The van der Waals surface area contributed by atoms with Gasteiger partial charge in [0.15, 0.2) is 0 Å². The molecule has 0 saturated heterocycles. The van der Waals surface area contributed by atoms with Gasteiger partial charge >= 0.3 is 0 Å². The summed E-state index contributed by atoms with van der Waals surface area (Å²) >= 11 is 0. The highest BCUT2D eigenvalue weighted by Crippen LogP contribution is 2.53. The van der Waals surface area contributed by atoms with Gasteiger partial charge in [-0.1, -0.05) is 18.6 Å². The number of rotatable bonds is 1. The summed E-state index contributed by atoms with van der Waals surface area (Å²) in [5, 5.41) is 10.2. The van der Waals surface area contributed by atoms with E-state index in [1.165, 1.54) is 32.1 Å². The van der Waals surface area contributed by atoms with Gasteiger partial charge in [-0.2, -0.15) is 0 Å². The van der Waals surface area contributed by atoms with Crippen LogP contribution in [-0.4, -0.2) is 10.7 Å². The molecule has 0 unspecified atom stereocenters. The fraction of sp³-hybridized carbons (Fsp3) is 0.867. The van der Waals surface area contributed by atoms with Crippen molar-refractivity contribution in [3.63, 3.8) is 0 Å². The Bertz CT molecular complexity index is 297. The zero-order valence-corrected chi connectivity index (χ0v) is 11.2. The maximum absolute atomic E-state index is 10.2. The second-order valence-corrected chi connectivity index (χ2v) is 6.82. The highest BCUT2D eigenvalue weighted by atomic mass is 16.3. The highest BCUT2D eigenvalue weighted by Gasteiger charge is 2.44. The van der Waals surface area contributed by atoms with Gasteiger partial charge in [0, 0.05) is 0 Å². The third kappa shape index (κ3) is 2.07. The summed E-state index contributed by atoms with van der Waals surface area (Å²) in [5.41, 5.74) is 1.59. The van der Waals surface area contributed by atoms with Crippen LogP contribution in [-0.2, 0) is 0 Å². The van der Waals surface area contributed by atoms with Gasteiger partial charge in [0.25, 0.3) is 0 Å². The minimum Gasteiger partial charge on any atom is -0.390 e. The summed E-state index contributed by atoms with van der Waals surface area (Å²) in [6.07, 6.45) is 8.68. The van der Waals surface area contributed by atoms with Gasteiger partial charge in [0.1, 0.15) is 0 Å². The van der Waals surface area contributed by atoms with E-state index in [4.69, 9.17) is 0 Å². The molecule has 1 fully saturated rings. The number of aliphatic hydroxyl groups is 1. The van der Waals surface area contributed by atoms with Crippen LogP contribution in [0.15, 0.2) is 11.6 Å². The van der Waals surface area contributed by atoms with E-state index in [1.807, 2.05) is 13.8 Å². The molecule has 92 valence electrons. The molecule has 3 atom stereocenters. The van der Waals surface area contributed by atoms with Crippen LogP contribution in [0.3, 0.4) is 0 Å². The molecule has 0 aromatic rings. The molecule has 0 heterocycles. The van der Waals surface area contributed by atoms with Crippen LogP contribution in [0, 0.1) is 17.3 Å². The minimum atomic E-state index is -0.501. The maximum Gasteiger partial charge on any atom is 0.0620 e. The Morgan fingerprint density at radius 2 is 2.06 bits per heavy atom. The van der Waals surface area contributed by atoms with E-state index in [2.05, 4.69) is 19.9 Å². The lowest BCUT2D eigenvalue weighted by Crippen LogP contribution is -2.43. The molecule has 1 nitrogen and oxygen atoms in total. The van der Waals surface area contributed by atoms with E-state index < -0.39 is 5.60 Å². The molecule has 1 heteroatoms. The molecular weight excluding hydrogens is 196 g/mol. The van der Waals surface area contributed by atoms with Crippen molar-refractivity contribution in [2.24, 2.45) is 17.3 Å². The lowest BCUT2D eigenvalue weighted by molar-refractivity contribution is -0.0373. The summed E-state index contributed by atoms with van der Waals surface area (Å²) in [7, 11) is 0. The standard InChI is InChI=1S/C15H26O/c1-11-6-5-8-15(4)9-7-12(10-13(11)15)14(2,3)16/h6,12-13,16H,5,7-10H2,1-4H3/t12-,13+,15-/m1/s1. The summed E-state index contributed by atoms with van der Waals surface area (Å²) in [6, 6.07) is 0. The van der Waals surface area contributed by atoms with Crippen molar-refractivity contribution in [3.05, 3.63) is 11.6 Å². The normalized spacial score (nSPS) is 40.2. The van der Waals surface area contributed by atoms with Crippen LogP contribution < -0.4 is 0 Å². The molecule has 1 saturated carbocycles. The summed E-state index contributed by atoms with van der Waals surface area (Å²) in [5.74, 6) is 1.19. The van der Waals surface area contributed by atoms with E-state index in [0.717, 1.165) is 0 Å². The first-order valence-corrected chi connectivity index (χ1v) is 6.72. The number of fused-ring (bicyclic) bond motifs is 1. The van der Waals surface area contributed by atoms with Gasteiger partial charge in [-0.05, 0) is 70.1 Å². The summed E-state index contributed by atoms with van der Waals surface area (Å²) in [4.78, 5) is 0. The first-order chi connectivity index (χ1) is 7.33. The third-order valence-electron chi connectivity index (χ3n) is 5.16. The fourth-order valence-electron chi connectivity index (χ4n) is 3.81. The van der Waals surface area contributed by atoms with Crippen LogP contribution in [0.2, 0.25) is 0 Å². The SMILES string of the molecule is CC1=CCC[C@]2(C)CC[C@@H](C(C)(C)O)C[C@@H]12. The molecule has 0 bridgehead atoms. The smallest absolute Gasteiger partial charge is 0.0620 e. The van der Waals surface area contributed by atoms with Crippen molar-refractivity contribution in [1.29, 1.82) is 0 Å². The molecule has 16 heavy (non-hydrogen) atoms. The monoisotopic (exact) mass is 222 g/mol. The third-order valence-corrected chi connectivity index (χ3v) is 5.16. The van der Waals surface area contributed by atoms with Crippen molar-refractivity contribution >= 4 is 0 Å². The van der Waals surface area contributed by atoms with Gasteiger partial charge in [-0.3, -0.25) is 0 Å². The average Bonchev–Trinajstić information content (AvgIpc) is 2.15. The predicted molar refractivity (Wildman–Crippen MR) is 68.2 cm³/mol. The van der Waals surface area contributed by atoms with Crippen molar-refractivity contribution in [2.75, 3.05) is 0 Å². The van der Waals surface area contributed by atoms with E-state index in [9.17, 15) is 5.11 Å². The minimum absolute atomic E-state index is 0.479. The first-order valence-electron chi connectivity index (χ1n) is 6.72. The molecular formula is C15H26O. The second kappa shape index (κ2) is 3.87. The molecule has 1 N–H and O–H groups in total.